The number of pyridine rings is 1. The molecule has 4 heterocycles. The van der Waals surface area contributed by atoms with Crippen molar-refractivity contribution in [2.24, 2.45) is 0 Å². The van der Waals surface area contributed by atoms with E-state index in [-0.39, 0.29) is 5.41 Å². The summed E-state index contributed by atoms with van der Waals surface area (Å²) in [6.45, 7) is 4.71. The van der Waals surface area contributed by atoms with Crippen LogP contribution in [-0.2, 0) is 5.41 Å². The molecule has 5 nitrogen and oxygen atoms in total. The molecule has 0 amide bonds. The Morgan fingerprint density at radius 1 is 0.431 bits per heavy atom. The number of hydrogen-bond acceptors (Lipinski definition) is 3. The zero-order valence-corrected chi connectivity index (χ0v) is 35.9. The third-order valence-electron chi connectivity index (χ3n) is 13.7. The minimum atomic E-state index is -0.137. The summed E-state index contributed by atoms with van der Waals surface area (Å²) in [4.78, 5) is 15.1. The van der Waals surface area contributed by atoms with Crippen molar-refractivity contribution in [3.05, 3.63) is 224 Å². The average molecular weight is 832 g/mol. The number of hydrogen-bond donors (Lipinski definition) is 0. The van der Waals surface area contributed by atoms with Gasteiger partial charge < -0.3 is 9.13 Å². The van der Waals surface area contributed by atoms with Crippen LogP contribution in [0, 0.1) is 0 Å². The second-order valence-corrected chi connectivity index (χ2v) is 17.7. The lowest BCUT2D eigenvalue weighted by Gasteiger charge is -2.22. The third kappa shape index (κ3) is 5.82. The van der Waals surface area contributed by atoms with Crippen molar-refractivity contribution in [1.29, 1.82) is 0 Å². The summed E-state index contributed by atoms with van der Waals surface area (Å²) in [7, 11) is 0. The molecule has 4 aromatic heterocycles. The maximum absolute atomic E-state index is 5.35. The number of para-hydroxylation sites is 1. The summed E-state index contributed by atoms with van der Waals surface area (Å²) in [6.07, 6.45) is 4.04. The summed E-state index contributed by atoms with van der Waals surface area (Å²) in [6, 6.07) is 71.8. The van der Waals surface area contributed by atoms with Crippen LogP contribution >= 0.6 is 0 Å². The normalized spacial score (nSPS) is 12.9. The van der Waals surface area contributed by atoms with Gasteiger partial charge in [-0.2, -0.15) is 0 Å². The second-order valence-electron chi connectivity index (χ2n) is 17.7. The van der Waals surface area contributed by atoms with Crippen LogP contribution < -0.4 is 0 Å². The molecule has 65 heavy (non-hydrogen) atoms. The predicted octanol–water partition coefficient (Wildman–Crippen LogP) is 15.0. The molecule has 0 spiro atoms. The van der Waals surface area contributed by atoms with Gasteiger partial charge in [-0.3, -0.25) is 4.98 Å². The highest BCUT2D eigenvalue weighted by atomic mass is 15.0. The summed E-state index contributed by atoms with van der Waals surface area (Å²) >= 11 is 0. The Hall–Kier alpha value is -8.41. The molecule has 0 fully saturated rings. The van der Waals surface area contributed by atoms with E-state index in [1.165, 1.54) is 49.7 Å². The van der Waals surface area contributed by atoms with Crippen molar-refractivity contribution in [2.45, 2.75) is 19.3 Å². The van der Waals surface area contributed by atoms with E-state index in [0.29, 0.717) is 5.82 Å². The molecule has 13 rings (SSSR count). The minimum absolute atomic E-state index is 0.137. The third-order valence-corrected chi connectivity index (χ3v) is 13.7. The number of benzene rings is 8. The Kier molecular flexibility index (Phi) is 8.18. The second kappa shape index (κ2) is 14.3. The molecule has 1 aliphatic carbocycles. The van der Waals surface area contributed by atoms with Crippen LogP contribution in [0.15, 0.2) is 213 Å². The monoisotopic (exact) mass is 831 g/mol. The van der Waals surface area contributed by atoms with Gasteiger partial charge in [0.25, 0.3) is 0 Å². The van der Waals surface area contributed by atoms with Gasteiger partial charge in [0.2, 0.25) is 0 Å². The van der Waals surface area contributed by atoms with Crippen molar-refractivity contribution < 1.29 is 0 Å². The van der Waals surface area contributed by atoms with Crippen molar-refractivity contribution in [3.8, 4) is 67.5 Å². The lowest BCUT2D eigenvalue weighted by atomic mass is 9.82. The van der Waals surface area contributed by atoms with Gasteiger partial charge in [-0.1, -0.05) is 141 Å². The Balaban J connectivity index is 0.999. The van der Waals surface area contributed by atoms with E-state index in [1.54, 1.807) is 0 Å². The van der Waals surface area contributed by atoms with E-state index in [0.717, 1.165) is 66.8 Å². The highest BCUT2D eigenvalue weighted by Gasteiger charge is 2.35. The Labute approximate surface area is 376 Å². The van der Waals surface area contributed by atoms with Crippen molar-refractivity contribution in [3.63, 3.8) is 0 Å². The van der Waals surface area contributed by atoms with E-state index in [9.17, 15) is 0 Å². The van der Waals surface area contributed by atoms with Crippen LogP contribution in [0.3, 0.4) is 0 Å². The smallest absolute Gasteiger partial charge is 0.160 e. The van der Waals surface area contributed by atoms with Crippen LogP contribution in [0.4, 0.5) is 0 Å². The molecular formula is C60H41N5. The van der Waals surface area contributed by atoms with Crippen LogP contribution in [0.2, 0.25) is 0 Å². The van der Waals surface area contributed by atoms with Crippen molar-refractivity contribution in [2.75, 3.05) is 0 Å². The summed E-state index contributed by atoms with van der Waals surface area (Å²) in [5.41, 5.74) is 19.2. The molecule has 306 valence electrons. The molecule has 12 aromatic rings. The van der Waals surface area contributed by atoms with E-state index < -0.39 is 0 Å². The highest BCUT2D eigenvalue weighted by molar-refractivity contribution is 6.19. The Morgan fingerprint density at radius 2 is 1.12 bits per heavy atom. The molecule has 0 N–H and O–H groups in total. The van der Waals surface area contributed by atoms with Crippen LogP contribution in [0.5, 0.6) is 0 Å². The highest BCUT2D eigenvalue weighted by Crippen LogP contribution is 2.50. The Morgan fingerprint density at radius 3 is 1.97 bits per heavy atom. The van der Waals surface area contributed by atoms with E-state index in [4.69, 9.17) is 9.97 Å². The maximum Gasteiger partial charge on any atom is 0.160 e. The molecule has 0 aliphatic heterocycles. The predicted molar refractivity (Wildman–Crippen MR) is 268 cm³/mol. The lowest BCUT2D eigenvalue weighted by Crippen LogP contribution is -2.15. The van der Waals surface area contributed by atoms with Gasteiger partial charge in [0, 0.05) is 67.4 Å². The first-order chi connectivity index (χ1) is 32.0. The fourth-order valence-electron chi connectivity index (χ4n) is 10.4. The van der Waals surface area contributed by atoms with Gasteiger partial charge in [-0.05, 0) is 106 Å². The molecular weight excluding hydrogens is 791 g/mol. The summed E-state index contributed by atoms with van der Waals surface area (Å²) in [5.74, 6) is 0.693. The van der Waals surface area contributed by atoms with E-state index >= 15 is 0 Å². The topological polar surface area (TPSA) is 48.5 Å². The quantitative estimate of drug-likeness (QED) is 0.168. The SMILES string of the molecule is CC1(C)c2ccccc2-c2ccc(-n3c4ccc(-c5nc(-c6ccc(-c7ccccn7)cc6)c6ccccc6n5)cc4c4ccc5c(ccn5-c5ccc(-c6ccccc6)cc5)c43)cc21. The number of fused-ring (bicyclic) bond motifs is 9. The Bertz CT molecular complexity index is 3820. The molecule has 0 saturated carbocycles. The van der Waals surface area contributed by atoms with Crippen molar-refractivity contribution in [1.82, 2.24) is 24.1 Å². The lowest BCUT2D eigenvalue weighted by molar-refractivity contribution is 0.660. The van der Waals surface area contributed by atoms with Crippen molar-refractivity contribution >= 4 is 43.6 Å². The number of aromatic nitrogens is 5. The van der Waals surface area contributed by atoms with Crippen LogP contribution in [0.1, 0.15) is 25.0 Å². The molecule has 0 unspecified atom stereocenters. The average Bonchev–Trinajstić information content (AvgIpc) is 4.02. The molecule has 0 bridgehead atoms. The van der Waals surface area contributed by atoms with E-state index in [2.05, 4.69) is 216 Å². The standard InChI is InChI=1S/C60H41N5/c1-60(2)51-16-8-6-14-45(51)46-29-28-44(37-52(46)60)65-56-31-25-42(59-62-54-18-9-7-15-48(54)57(63-59)41-21-19-40(20-22-41)53-17-10-11-34-61-53)36-50(56)47-30-32-55-49(58(47)65)33-35-64(55)43-26-23-39(24-27-43)38-12-4-3-5-13-38/h3-37H,1-2H3. The summed E-state index contributed by atoms with van der Waals surface area (Å²) in [5, 5.41) is 4.54. The molecule has 0 saturated heterocycles. The zero-order valence-electron chi connectivity index (χ0n) is 35.9. The first-order valence-electron chi connectivity index (χ1n) is 22.3. The van der Waals surface area contributed by atoms with Gasteiger partial charge in [0.15, 0.2) is 5.82 Å². The van der Waals surface area contributed by atoms with E-state index in [1.807, 2.05) is 24.4 Å². The summed E-state index contributed by atoms with van der Waals surface area (Å²) < 4.78 is 4.79. The molecule has 0 radical (unpaired) electrons. The van der Waals surface area contributed by atoms with Gasteiger partial charge >= 0.3 is 0 Å². The van der Waals surface area contributed by atoms with Gasteiger partial charge in [0.1, 0.15) is 0 Å². The first-order valence-corrected chi connectivity index (χ1v) is 22.3. The zero-order chi connectivity index (χ0) is 43.2. The minimum Gasteiger partial charge on any atom is -0.316 e. The number of rotatable bonds is 6. The van der Waals surface area contributed by atoms with Crippen LogP contribution in [0.25, 0.3) is 111 Å². The molecule has 5 heteroatoms. The molecule has 1 aliphatic rings. The molecule has 0 atom stereocenters. The number of nitrogens with zero attached hydrogens (tertiary/aromatic N) is 5. The fraction of sp³-hybridized carbons (Fsp3) is 0.0500. The van der Waals surface area contributed by atoms with Crippen LogP contribution in [-0.4, -0.2) is 24.1 Å². The fourth-order valence-corrected chi connectivity index (χ4v) is 10.4. The van der Waals surface area contributed by atoms with Gasteiger partial charge in [-0.15, -0.1) is 0 Å². The first kappa shape index (κ1) is 37.2. The maximum atomic E-state index is 5.35. The van der Waals surface area contributed by atoms with Gasteiger partial charge in [-0.25, -0.2) is 9.97 Å². The largest absolute Gasteiger partial charge is 0.316 e. The molecule has 8 aromatic carbocycles. The van der Waals surface area contributed by atoms with Gasteiger partial charge in [0.05, 0.1) is 33.5 Å².